The summed E-state index contributed by atoms with van der Waals surface area (Å²) in [4.78, 5) is 12.7. The third kappa shape index (κ3) is 4.76. The van der Waals surface area contributed by atoms with Gasteiger partial charge in [-0.1, -0.05) is 38.0 Å². The minimum atomic E-state index is -0.0349. The fourth-order valence-electron chi connectivity index (χ4n) is 3.68. The lowest BCUT2D eigenvalue weighted by atomic mass is 10.1. The summed E-state index contributed by atoms with van der Waals surface area (Å²) < 4.78 is 5.92. The molecule has 1 N–H and O–H groups in total. The van der Waals surface area contributed by atoms with Gasteiger partial charge in [0.1, 0.15) is 11.9 Å². The van der Waals surface area contributed by atoms with Gasteiger partial charge in [0.15, 0.2) is 0 Å². The van der Waals surface area contributed by atoms with Gasteiger partial charge in [-0.2, -0.15) is 0 Å². The van der Waals surface area contributed by atoms with Crippen LogP contribution in [-0.2, 0) is 0 Å². The van der Waals surface area contributed by atoms with E-state index < -0.39 is 0 Å². The minimum Gasteiger partial charge on any atom is -0.486 e. The Hall–Kier alpha value is -2.07. The number of carbonyl (C=O) groups excluding carboxylic acids is 1. The number of hydrogen-bond acceptors (Lipinski definition) is 3. The van der Waals surface area contributed by atoms with Gasteiger partial charge in [0.25, 0.3) is 5.91 Å². The van der Waals surface area contributed by atoms with Crippen molar-refractivity contribution in [3.8, 4) is 5.75 Å². The normalized spacial score (nSPS) is 25.4. The summed E-state index contributed by atoms with van der Waals surface area (Å²) >= 11 is 0. The van der Waals surface area contributed by atoms with Crippen molar-refractivity contribution in [3.05, 3.63) is 54.1 Å². The van der Waals surface area contributed by atoms with Gasteiger partial charge in [-0.15, -0.1) is 0 Å². The first kappa shape index (κ1) is 18.7. The highest BCUT2D eigenvalue weighted by Crippen LogP contribution is 2.26. The molecule has 3 atom stereocenters. The van der Waals surface area contributed by atoms with Crippen molar-refractivity contribution < 1.29 is 9.53 Å². The summed E-state index contributed by atoms with van der Waals surface area (Å²) in [6.07, 6.45) is 15.0. The number of carbonyl (C=O) groups is 1. The van der Waals surface area contributed by atoms with Crippen LogP contribution in [-0.4, -0.2) is 29.1 Å². The average Bonchev–Trinajstić information content (AvgIpc) is 3.01. The molecule has 1 aliphatic heterocycles. The smallest absolute Gasteiger partial charge is 0.265 e. The van der Waals surface area contributed by atoms with Crippen molar-refractivity contribution >= 4 is 5.91 Å². The van der Waals surface area contributed by atoms with Crippen LogP contribution in [0.5, 0.6) is 5.75 Å². The van der Waals surface area contributed by atoms with E-state index in [9.17, 15) is 4.79 Å². The zero-order valence-corrected chi connectivity index (χ0v) is 15.9. The van der Waals surface area contributed by atoms with Gasteiger partial charge in [0, 0.05) is 24.1 Å². The highest BCUT2D eigenvalue weighted by Gasteiger charge is 2.31. The van der Waals surface area contributed by atoms with Crippen molar-refractivity contribution in [2.75, 3.05) is 0 Å². The van der Waals surface area contributed by atoms with E-state index in [1.165, 1.54) is 12.8 Å². The molecule has 1 heterocycles. The van der Waals surface area contributed by atoms with Crippen LogP contribution >= 0.6 is 0 Å². The maximum atomic E-state index is 12.7. The number of ether oxygens (including phenoxy) is 1. The highest BCUT2D eigenvalue weighted by atomic mass is 16.5. The summed E-state index contributed by atoms with van der Waals surface area (Å²) in [5.74, 6) is 0.758. The molecular weight excluding hydrogens is 324 g/mol. The van der Waals surface area contributed by atoms with Crippen molar-refractivity contribution in [2.45, 2.75) is 70.6 Å². The standard InChI is InChI=1S/C22H30N2O2/c1-3-4-8-19-14-11-17(2)24(19)23-22(25)18-12-15-21(16-13-18)26-20-9-6-5-7-10-20/h5-7,9,12-13,15-17,19-20H,3-4,8,10-11,14H2,1-2H3,(H,23,25). The summed E-state index contributed by atoms with van der Waals surface area (Å²) in [6.45, 7) is 4.40. The number of nitrogens with one attached hydrogen (secondary N) is 1. The fraction of sp³-hybridized carbons (Fsp3) is 0.500. The molecule has 0 radical (unpaired) electrons. The molecule has 1 aliphatic carbocycles. The molecule has 140 valence electrons. The maximum absolute atomic E-state index is 12.7. The van der Waals surface area contributed by atoms with E-state index in [1.807, 2.05) is 42.5 Å². The quantitative estimate of drug-likeness (QED) is 0.776. The SMILES string of the molecule is CCCCC1CCC(C)N1NC(=O)c1ccc(OC2C=CC=CC2)cc1. The number of allylic oxidation sites excluding steroid dienone is 2. The molecule has 1 aromatic carbocycles. The molecule has 3 unspecified atom stereocenters. The van der Waals surface area contributed by atoms with Crippen LogP contribution in [0.4, 0.5) is 0 Å². The predicted molar refractivity (Wildman–Crippen MR) is 105 cm³/mol. The largest absolute Gasteiger partial charge is 0.486 e. The van der Waals surface area contributed by atoms with E-state index in [1.54, 1.807) is 0 Å². The fourth-order valence-corrected chi connectivity index (χ4v) is 3.68. The van der Waals surface area contributed by atoms with Crippen molar-refractivity contribution in [1.29, 1.82) is 0 Å². The number of hydrazine groups is 1. The van der Waals surface area contributed by atoms with Crippen LogP contribution in [0.15, 0.2) is 48.6 Å². The summed E-state index contributed by atoms with van der Waals surface area (Å²) in [5, 5.41) is 2.17. The third-order valence-electron chi connectivity index (χ3n) is 5.25. The number of amides is 1. The second-order valence-corrected chi connectivity index (χ2v) is 7.30. The van der Waals surface area contributed by atoms with Gasteiger partial charge in [-0.3, -0.25) is 10.2 Å². The molecule has 1 saturated heterocycles. The Morgan fingerprint density at radius 2 is 2.04 bits per heavy atom. The van der Waals surface area contributed by atoms with Crippen molar-refractivity contribution in [2.24, 2.45) is 0 Å². The molecule has 0 saturated carbocycles. The van der Waals surface area contributed by atoms with Gasteiger partial charge < -0.3 is 4.74 Å². The van der Waals surface area contributed by atoms with Gasteiger partial charge in [0.2, 0.25) is 0 Å². The molecule has 3 rings (SSSR count). The molecule has 1 fully saturated rings. The lowest BCUT2D eigenvalue weighted by Crippen LogP contribution is -2.48. The highest BCUT2D eigenvalue weighted by molar-refractivity contribution is 5.94. The number of nitrogens with zero attached hydrogens (tertiary/aromatic N) is 1. The topological polar surface area (TPSA) is 41.6 Å². The van der Waals surface area contributed by atoms with Crippen LogP contribution in [0.2, 0.25) is 0 Å². The molecule has 4 heteroatoms. The first-order chi connectivity index (χ1) is 12.7. The lowest BCUT2D eigenvalue weighted by molar-refractivity contribution is 0.0670. The Balaban J connectivity index is 1.57. The zero-order valence-electron chi connectivity index (χ0n) is 15.9. The van der Waals surface area contributed by atoms with E-state index in [0.717, 1.165) is 31.4 Å². The van der Waals surface area contributed by atoms with Gasteiger partial charge in [-0.05, 0) is 56.5 Å². The van der Waals surface area contributed by atoms with E-state index in [0.29, 0.717) is 17.6 Å². The Kier molecular flexibility index (Phi) is 6.51. The number of unbranched alkanes of at least 4 members (excludes halogenated alkanes) is 1. The van der Waals surface area contributed by atoms with Crippen LogP contribution in [0, 0.1) is 0 Å². The van der Waals surface area contributed by atoms with Crippen LogP contribution in [0.1, 0.15) is 62.7 Å². The predicted octanol–water partition coefficient (Wildman–Crippen LogP) is 4.64. The van der Waals surface area contributed by atoms with E-state index in [-0.39, 0.29) is 12.0 Å². The monoisotopic (exact) mass is 354 g/mol. The van der Waals surface area contributed by atoms with Gasteiger partial charge in [-0.25, -0.2) is 5.01 Å². The molecule has 1 aromatic rings. The van der Waals surface area contributed by atoms with Crippen molar-refractivity contribution in [1.82, 2.24) is 10.4 Å². The zero-order chi connectivity index (χ0) is 18.4. The second kappa shape index (κ2) is 9.04. The Labute approximate surface area is 156 Å². The summed E-state index contributed by atoms with van der Waals surface area (Å²) in [6, 6.07) is 8.30. The molecule has 0 bridgehead atoms. The molecule has 26 heavy (non-hydrogen) atoms. The summed E-state index contributed by atoms with van der Waals surface area (Å²) in [7, 11) is 0. The molecule has 0 aromatic heterocycles. The number of hydrogen-bond donors (Lipinski definition) is 1. The molecule has 0 spiro atoms. The number of benzene rings is 1. The Morgan fingerprint density at radius 3 is 2.73 bits per heavy atom. The molecule has 4 nitrogen and oxygen atoms in total. The third-order valence-corrected chi connectivity index (χ3v) is 5.25. The molecule has 2 aliphatic rings. The molecular formula is C22H30N2O2. The van der Waals surface area contributed by atoms with Crippen LogP contribution in [0.3, 0.4) is 0 Å². The minimum absolute atomic E-state index is 0.0349. The average molecular weight is 354 g/mol. The maximum Gasteiger partial charge on any atom is 0.265 e. The van der Waals surface area contributed by atoms with E-state index >= 15 is 0 Å². The van der Waals surface area contributed by atoms with Gasteiger partial charge >= 0.3 is 0 Å². The van der Waals surface area contributed by atoms with Crippen molar-refractivity contribution in [3.63, 3.8) is 0 Å². The Bertz CT molecular complexity index is 651. The lowest BCUT2D eigenvalue weighted by Gasteiger charge is -2.28. The van der Waals surface area contributed by atoms with E-state index in [2.05, 4.69) is 30.4 Å². The Morgan fingerprint density at radius 1 is 1.23 bits per heavy atom. The van der Waals surface area contributed by atoms with Crippen LogP contribution in [0.25, 0.3) is 0 Å². The first-order valence-corrected chi connectivity index (χ1v) is 9.86. The molecule has 1 amide bonds. The second-order valence-electron chi connectivity index (χ2n) is 7.30. The van der Waals surface area contributed by atoms with Crippen LogP contribution < -0.4 is 10.2 Å². The summed E-state index contributed by atoms with van der Waals surface area (Å²) in [5.41, 5.74) is 3.81. The first-order valence-electron chi connectivity index (χ1n) is 9.86. The van der Waals surface area contributed by atoms with Gasteiger partial charge in [0.05, 0.1) is 0 Å². The number of rotatable bonds is 7. The van der Waals surface area contributed by atoms with E-state index in [4.69, 9.17) is 4.74 Å².